The Balaban J connectivity index is 2.97. The van der Waals surface area contributed by atoms with Crippen molar-refractivity contribution in [1.82, 2.24) is 0 Å². The molecule has 0 aromatic heterocycles. The minimum atomic E-state index is -4.42. The van der Waals surface area contributed by atoms with E-state index in [1.807, 2.05) is 0 Å². The van der Waals surface area contributed by atoms with Gasteiger partial charge in [0, 0.05) is 5.69 Å². The molecule has 0 bridgehead atoms. The highest BCUT2D eigenvalue weighted by molar-refractivity contribution is 7.81. The molecule has 21 heavy (non-hydrogen) atoms. The van der Waals surface area contributed by atoms with Crippen molar-refractivity contribution < 1.29 is 18.3 Å². The van der Waals surface area contributed by atoms with Crippen LogP contribution in [0.4, 0.5) is 18.9 Å². The minimum absolute atomic E-state index is 0.0993. The van der Waals surface area contributed by atoms with E-state index >= 15 is 0 Å². The van der Waals surface area contributed by atoms with Gasteiger partial charge in [0.15, 0.2) is 0 Å². The number of nitrogens with zero attached hydrogens (tertiary/aromatic N) is 1. The molecule has 3 nitrogen and oxygen atoms in total. The van der Waals surface area contributed by atoms with Gasteiger partial charge in [0.05, 0.1) is 5.56 Å². The maximum Gasteiger partial charge on any atom is 0.416 e. The third-order valence-corrected chi connectivity index (χ3v) is 2.76. The largest absolute Gasteiger partial charge is 0.506 e. The van der Waals surface area contributed by atoms with Crippen LogP contribution in [-0.2, 0) is 6.18 Å². The average Bonchev–Trinajstić information content (AvgIpc) is 2.38. The molecule has 110 valence electrons. The summed E-state index contributed by atoms with van der Waals surface area (Å²) in [6.45, 7) is 4.97. The van der Waals surface area contributed by atoms with E-state index in [2.05, 4.69) is 11.9 Å². The summed E-state index contributed by atoms with van der Waals surface area (Å²) in [6, 6.07) is 5.87. The molecule has 0 saturated heterocycles. The fourth-order valence-corrected chi connectivity index (χ4v) is 1.62. The number of allylic oxidation sites excluding steroid dienone is 1. The Bertz CT molecular complexity index is 640. The van der Waals surface area contributed by atoms with Crippen molar-refractivity contribution in [2.75, 3.05) is 5.32 Å². The highest BCUT2D eigenvalue weighted by Crippen LogP contribution is 2.29. The maximum absolute atomic E-state index is 12.4. The molecule has 1 rings (SSSR count). The number of hydrogen-bond acceptors (Lipinski definition) is 3. The molecule has 0 aliphatic rings. The van der Waals surface area contributed by atoms with Gasteiger partial charge in [-0.3, -0.25) is 0 Å². The topological polar surface area (TPSA) is 56.0 Å². The highest BCUT2D eigenvalue weighted by atomic mass is 32.1. The van der Waals surface area contributed by atoms with Crippen LogP contribution in [0, 0.1) is 11.3 Å². The molecule has 0 atom stereocenters. The number of alkyl halides is 3. The van der Waals surface area contributed by atoms with Gasteiger partial charge in [-0.1, -0.05) is 18.8 Å². The molecule has 7 heteroatoms. The van der Waals surface area contributed by atoms with Crippen LogP contribution in [0.15, 0.2) is 47.7 Å². The van der Waals surface area contributed by atoms with E-state index < -0.39 is 11.7 Å². The van der Waals surface area contributed by atoms with Gasteiger partial charge in [-0.05, 0) is 36.8 Å². The van der Waals surface area contributed by atoms with Gasteiger partial charge >= 0.3 is 6.18 Å². The van der Waals surface area contributed by atoms with Gasteiger partial charge in [0.25, 0.3) is 0 Å². The van der Waals surface area contributed by atoms with E-state index in [-0.39, 0.29) is 27.6 Å². The predicted octanol–water partition coefficient (Wildman–Crippen LogP) is 4.36. The molecule has 0 heterocycles. The SMILES string of the molecule is C=C(C)C(O)=C(C#N)C(=S)Nc1ccc(C(F)(F)F)cc1. The maximum atomic E-state index is 12.4. The molecule has 0 spiro atoms. The second-order valence-electron chi connectivity index (χ2n) is 4.14. The number of aliphatic hydroxyl groups is 1. The summed E-state index contributed by atoms with van der Waals surface area (Å²) < 4.78 is 37.3. The Labute approximate surface area is 125 Å². The number of anilines is 1. The summed E-state index contributed by atoms with van der Waals surface area (Å²) in [5.41, 5.74) is -0.462. The normalized spacial score (nSPS) is 12.1. The van der Waals surface area contributed by atoms with Crippen molar-refractivity contribution in [3.05, 3.63) is 53.3 Å². The fourth-order valence-electron chi connectivity index (χ4n) is 1.36. The molecule has 0 aliphatic heterocycles. The smallest absolute Gasteiger partial charge is 0.416 e. The van der Waals surface area contributed by atoms with Gasteiger partial charge in [0.2, 0.25) is 0 Å². The summed E-state index contributed by atoms with van der Waals surface area (Å²) in [6.07, 6.45) is -4.42. The molecule has 0 amide bonds. The zero-order chi connectivity index (χ0) is 16.2. The zero-order valence-electron chi connectivity index (χ0n) is 11.0. The van der Waals surface area contributed by atoms with Crippen molar-refractivity contribution in [2.24, 2.45) is 0 Å². The molecule has 0 fully saturated rings. The lowest BCUT2D eigenvalue weighted by molar-refractivity contribution is -0.137. The predicted molar refractivity (Wildman–Crippen MR) is 77.7 cm³/mol. The summed E-state index contributed by atoms with van der Waals surface area (Å²) in [5, 5.41) is 21.2. The summed E-state index contributed by atoms with van der Waals surface area (Å²) in [4.78, 5) is -0.0993. The van der Waals surface area contributed by atoms with E-state index in [9.17, 15) is 18.3 Å². The number of halogens is 3. The first kappa shape index (κ1) is 16.7. The molecule has 1 aromatic carbocycles. The zero-order valence-corrected chi connectivity index (χ0v) is 11.8. The first-order chi connectivity index (χ1) is 9.66. The fraction of sp³-hybridized carbons (Fsp3) is 0.143. The van der Waals surface area contributed by atoms with Crippen molar-refractivity contribution >= 4 is 22.9 Å². The number of rotatable bonds is 3. The molecular weight excluding hydrogens is 301 g/mol. The third kappa shape index (κ3) is 4.33. The van der Waals surface area contributed by atoms with Crippen LogP contribution in [0.2, 0.25) is 0 Å². The lowest BCUT2D eigenvalue weighted by Gasteiger charge is -2.10. The molecule has 0 unspecified atom stereocenters. The second kappa shape index (κ2) is 6.41. The summed E-state index contributed by atoms with van der Waals surface area (Å²) in [7, 11) is 0. The van der Waals surface area contributed by atoms with Crippen molar-refractivity contribution in [2.45, 2.75) is 13.1 Å². The van der Waals surface area contributed by atoms with Crippen LogP contribution in [0.25, 0.3) is 0 Å². The average molecular weight is 312 g/mol. The van der Waals surface area contributed by atoms with E-state index in [0.717, 1.165) is 12.1 Å². The van der Waals surface area contributed by atoms with Crippen LogP contribution in [0.1, 0.15) is 12.5 Å². The lowest BCUT2D eigenvalue weighted by atomic mass is 10.1. The molecule has 1 aromatic rings. The van der Waals surface area contributed by atoms with E-state index in [4.69, 9.17) is 17.5 Å². The van der Waals surface area contributed by atoms with Crippen molar-refractivity contribution in [3.63, 3.8) is 0 Å². The Morgan fingerprint density at radius 2 is 1.86 bits per heavy atom. The third-order valence-electron chi connectivity index (χ3n) is 2.45. The van der Waals surface area contributed by atoms with Crippen LogP contribution < -0.4 is 5.32 Å². The minimum Gasteiger partial charge on any atom is -0.506 e. The van der Waals surface area contributed by atoms with Crippen LogP contribution >= 0.6 is 12.2 Å². The van der Waals surface area contributed by atoms with E-state index in [1.165, 1.54) is 19.1 Å². The number of nitriles is 1. The van der Waals surface area contributed by atoms with Gasteiger partial charge in [0.1, 0.15) is 22.4 Å². The Morgan fingerprint density at radius 1 is 1.33 bits per heavy atom. The first-order valence-electron chi connectivity index (χ1n) is 5.64. The van der Waals surface area contributed by atoms with Gasteiger partial charge in [-0.15, -0.1) is 0 Å². The summed E-state index contributed by atoms with van der Waals surface area (Å²) in [5.74, 6) is -0.359. The molecular formula is C14H11F3N2OS. The van der Waals surface area contributed by atoms with Crippen LogP contribution in [0.3, 0.4) is 0 Å². The monoisotopic (exact) mass is 312 g/mol. The van der Waals surface area contributed by atoms with E-state index in [1.54, 1.807) is 6.07 Å². The molecule has 0 radical (unpaired) electrons. The highest BCUT2D eigenvalue weighted by Gasteiger charge is 2.30. The quantitative estimate of drug-likeness (QED) is 0.286. The number of thiocarbonyl (C=S) groups is 1. The van der Waals surface area contributed by atoms with Crippen molar-refractivity contribution in [3.8, 4) is 6.07 Å². The second-order valence-corrected chi connectivity index (χ2v) is 4.55. The Hall–Kier alpha value is -2.33. The standard InChI is InChI=1S/C14H11F3N2OS/c1-8(2)12(20)11(7-18)13(21)19-10-5-3-9(4-6-10)14(15,16)17/h3-6,20H,1H2,2H3,(H,19,21). The number of nitrogens with one attached hydrogen (secondary N) is 1. The van der Waals surface area contributed by atoms with Crippen LogP contribution in [-0.4, -0.2) is 10.1 Å². The van der Waals surface area contributed by atoms with E-state index in [0.29, 0.717) is 0 Å². The number of aliphatic hydroxyl groups excluding tert-OH is 1. The Kier molecular flexibility index (Phi) is 5.11. The molecule has 0 aliphatic carbocycles. The Morgan fingerprint density at radius 3 is 2.24 bits per heavy atom. The van der Waals surface area contributed by atoms with Crippen LogP contribution in [0.5, 0.6) is 0 Å². The van der Waals surface area contributed by atoms with Gasteiger partial charge in [-0.25, -0.2) is 0 Å². The summed E-state index contributed by atoms with van der Waals surface area (Å²) >= 11 is 4.94. The van der Waals surface area contributed by atoms with Gasteiger partial charge in [-0.2, -0.15) is 18.4 Å². The lowest BCUT2D eigenvalue weighted by Crippen LogP contribution is -2.14. The number of benzene rings is 1. The molecule has 2 N–H and O–H groups in total. The number of hydrogen-bond donors (Lipinski definition) is 2. The van der Waals surface area contributed by atoms with Gasteiger partial charge < -0.3 is 10.4 Å². The molecule has 0 saturated carbocycles. The van der Waals surface area contributed by atoms with Crippen molar-refractivity contribution in [1.29, 1.82) is 5.26 Å². The first-order valence-corrected chi connectivity index (χ1v) is 6.05.